The summed E-state index contributed by atoms with van der Waals surface area (Å²) < 4.78 is 0. The highest BCUT2D eigenvalue weighted by Gasteiger charge is 2.11. The maximum absolute atomic E-state index is 8.83. The summed E-state index contributed by atoms with van der Waals surface area (Å²) in [6, 6.07) is 8.45. The largest absolute Gasteiger partial charge is 0.256 e. The van der Waals surface area contributed by atoms with Gasteiger partial charge in [0.05, 0.1) is 27.4 Å². The molecule has 84 valence electrons. The lowest BCUT2D eigenvalue weighted by Crippen LogP contribution is -1.87. The van der Waals surface area contributed by atoms with Gasteiger partial charge in [0, 0.05) is 16.8 Å². The summed E-state index contributed by atoms with van der Waals surface area (Å²) in [6.07, 6.45) is 1.54. The van der Waals surface area contributed by atoms with E-state index in [1.165, 1.54) is 6.20 Å². The van der Waals surface area contributed by atoms with Crippen molar-refractivity contribution in [2.24, 2.45) is 0 Å². The minimum Gasteiger partial charge on any atom is -0.256 e. The first-order valence-corrected chi connectivity index (χ1v) is 5.76. The fraction of sp³-hybridized carbons (Fsp3) is 0. The zero-order chi connectivity index (χ0) is 12.4. The van der Waals surface area contributed by atoms with Crippen LogP contribution in [0.4, 0.5) is 0 Å². The van der Waals surface area contributed by atoms with Crippen LogP contribution in [0.1, 0.15) is 5.56 Å². The van der Waals surface area contributed by atoms with Gasteiger partial charge in [-0.25, -0.2) is 0 Å². The molecule has 0 N–H and O–H groups in total. The van der Waals surface area contributed by atoms with Crippen LogP contribution in [0.3, 0.4) is 0 Å². The van der Waals surface area contributed by atoms with Crippen molar-refractivity contribution in [3.05, 3.63) is 51.1 Å². The van der Waals surface area contributed by atoms with Gasteiger partial charge >= 0.3 is 0 Å². The van der Waals surface area contributed by atoms with E-state index in [-0.39, 0.29) is 0 Å². The van der Waals surface area contributed by atoms with Crippen molar-refractivity contribution in [1.82, 2.24) is 4.98 Å². The Kier molecular flexibility index (Phi) is 3.54. The summed E-state index contributed by atoms with van der Waals surface area (Å²) in [5.74, 6) is 0. The van der Waals surface area contributed by atoms with E-state index in [0.29, 0.717) is 31.9 Å². The molecule has 0 fully saturated rings. The minimum atomic E-state index is 0.407. The van der Waals surface area contributed by atoms with Crippen LogP contribution < -0.4 is 0 Å². The maximum atomic E-state index is 8.83. The molecule has 2 rings (SSSR count). The van der Waals surface area contributed by atoms with Gasteiger partial charge in [-0.05, 0) is 24.3 Å². The molecule has 0 spiro atoms. The molecule has 0 amide bonds. The quantitative estimate of drug-likeness (QED) is 0.768. The summed E-state index contributed by atoms with van der Waals surface area (Å²) >= 11 is 18.0. The van der Waals surface area contributed by atoms with E-state index in [2.05, 4.69) is 4.98 Å². The number of pyridine rings is 1. The number of rotatable bonds is 1. The van der Waals surface area contributed by atoms with Crippen LogP contribution in [-0.2, 0) is 0 Å². The molecule has 1 aromatic heterocycles. The molecule has 0 radical (unpaired) electrons. The fourth-order valence-electron chi connectivity index (χ4n) is 1.42. The molecule has 1 aromatic carbocycles. The van der Waals surface area contributed by atoms with Gasteiger partial charge in [-0.2, -0.15) is 5.26 Å². The van der Waals surface area contributed by atoms with E-state index in [0.717, 1.165) is 0 Å². The molecule has 0 saturated heterocycles. The molecule has 0 aliphatic heterocycles. The van der Waals surface area contributed by atoms with E-state index >= 15 is 0 Å². The number of nitriles is 1. The van der Waals surface area contributed by atoms with Crippen LogP contribution >= 0.6 is 34.8 Å². The molecule has 1 heterocycles. The van der Waals surface area contributed by atoms with Crippen LogP contribution in [0.2, 0.25) is 15.1 Å². The lowest BCUT2D eigenvalue weighted by atomic mass is 10.1. The highest BCUT2D eigenvalue weighted by Crippen LogP contribution is 2.36. The third kappa shape index (κ3) is 2.53. The molecule has 2 aromatic rings. The second kappa shape index (κ2) is 4.93. The number of halogens is 3. The smallest absolute Gasteiger partial charge is 0.0992 e. The standard InChI is InChI=1S/C12H5Cl3N2/c13-8-4-9(14)12(10(15)5-8)11-3-7(6-16)1-2-17-11/h1-5H. The summed E-state index contributed by atoms with van der Waals surface area (Å²) in [6.45, 7) is 0. The van der Waals surface area contributed by atoms with Gasteiger partial charge in [0.15, 0.2) is 0 Å². The number of hydrogen-bond acceptors (Lipinski definition) is 2. The second-order valence-electron chi connectivity index (χ2n) is 3.29. The monoisotopic (exact) mass is 282 g/mol. The highest BCUT2D eigenvalue weighted by molar-refractivity contribution is 6.41. The van der Waals surface area contributed by atoms with Crippen molar-refractivity contribution in [1.29, 1.82) is 5.26 Å². The minimum absolute atomic E-state index is 0.407. The number of hydrogen-bond donors (Lipinski definition) is 0. The van der Waals surface area contributed by atoms with Crippen LogP contribution in [0.25, 0.3) is 11.3 Å². The van der Waals surface area contributed by atoms with E-state index in [1.807, 2.05) is 6.07 Å². The molecule has 0 aliphatic rings. The van der Waals surface area contributed by atoms with Crippen molar-refractivity contribution in [3.63, 3.8) is 0 Å². The summed E-state index contributed by atoms with van der Waals surface area (Å²) in [4.78, 5) is 4.15. The predicted molar refractivity (Wildman–Crippen MR) is 69.4 cm³/mol. The molecule has 0 atom stereocenters. The third-order valence-electron chi connectivity index (χ3n) is 2.15. The molecule has 5 heteroatoms. The average Bonchev–Trinajstić information content (AvgIpc) is 2.28. The van der Waals surface area contributed by atoms with Gasteiger partial charge in [0.1, 0.15) is 0 Å². The molecule has 0 saturated carbocycles. The summed E-state index contributed by atoms with van der Waals surface area (Å²) in [7, 11) is 0. The van der Waals surface area contributed by atoms with Crippen LogP contribution in [0.5, 0.6) is 0 Å². The van der Waals surface area contributed by atoms with Crippen LogP contribution in [0.15, 0.2) is 30.5 Å². The second-order valence-corrected chi connectivity index (χ2v) is 4.54. The highest BCUT2D eigenvalue weighted by atomic mass is 35.5. The Morgan fingerprint density at radius 2 is 1.71 bits per heavy atom. The van der Waals surface area contributed by atoms with Gasteiger partial charge in [0.2, 0.25) is 0 Å². The first-order chi connectivity index (χ1) is 8.11. The lowest BCUT2D eigenvalue weighted by molar-refractivity contribution is 1.31. The summed E-state index contributed by atoms with van der Waals surface area (Å²) in [5.41, 5.74) is 1.63. The Labute approximate surface area is 113 Å². The Hall–Kier alpha value is -1.27. The first-order valence-electron chi connectivity index (χ1n) is 4.63. The van der Waals surface area contributed by atoms with E-state index in [9.17, 15) is 0 Å². The molecule has 0 bridgehead atoms. The molecular formula is C12H5Cl3N2. The molecule has 2 nitrogen and oxygen atoms in total. The Morgan fingerprint density at radius 3 is 2.29 bits per heavy atom. The van der Waals surface area contributed by atoms with Crippen molar-refractivity contribution in [2.45, 2.75) is 0 Å². The molecule has 17 heavy (non-hydrogen) atoms. The van der Waals surface area contributed by atoms with E-state index in [1.54, 1.807) is 24.3 Å². The molecular weight excluding hydrogens is 279 g/mol. The van der Waals surface area contributed by atoms with E-state index < -0.39 is 0 Å². The molecule has 0 unspecified atom stereocenters. The zero-order valence-corrected chi connectivity index (χ0v) is 10.7. The molecule has 0 aliphatic carbocycles. The average molecular weight is 284 g/mol. The number of nitrogens with zero attached hydrogens (tertiary/aromatic N) is 2. The van der Waals surface area contributed by atoms with Gasteiger partial charge < -0.3 is 0 Å². The van der Waals surface area contributed by atoms with Crippen LogP contribution in [-0.4, -0.2) is 4.98 Å². The normalized spacial score (nSPS) is 10.0. The van der Waals surface area contributed by atoms with Gasteiger partial charge in [-0.15, -0.1) is 0 Å². The Morgan fingerprint density at radius 1 is 1.06 bits per heavy atom. The van der Waals surface area contributed by atoms with Gasteiger partial charge in [0.25, 0.3) is 0 Å². The summed E-state index contributed by atoms with van der Waals surface area (Å²) in [5, 5.41) is 10.1. The topological polar surface area (TPSA) is 36.7 Å². The van der Waals surface area contributed by atoms with Gasteiger partial charge in [-0.1, -0.05) is 34.8 Å². The van der Waals surface area contributed by atoms with Crippen molar-refractivity contribution >= 4 is 34.8 Å². The van der Waals surface area contributed by atoms with Crippen molar-refractivity contribution in [2.75, 3.05) is 0 Å². The van der Waals surface area contributed by atoms with E-state index in [4.69, 9.17) is 40.1 Å². The van der Waals surface area contributed by atoms with Crippen molar-refractivity contribution < 1.29 is 0 Å². The Bertz CT molecular complexity index is 594. The first kappa shape index (κ1) is 12.2. The predicted octanol–water partition coefficient (Wildman–Crippen LogP) is 4.58. The SMILES string of the molecule is N#Cc1ccnc(-c2c(Cl)cc(Cl)cc2Cl)c1. The maximum Gasteiger partial charge on any atom is 0.0992 e. The third-order valence-corrected chi connectivity index (χ3v) is 2.97. The lowest BCUT2D eigenvalue weighted by Gasteiger charge is -2.07. The number of benzene rings is 1. The number of aromatic nitrogens is 1. The van der Waals surface area contributed by atoms with Gasteiger partial charge in [-0.3, -0.25) is 4.98 Å². The van der Waals surface area contributed by atoms with Crippen LogP contribution in [0, 0.1) is 11.3 Å². The fourth-order valence-corrected chi connectivity index (χ4v) is 2.43. The van der Waals surface area contributed by atoms with Crippen molar-refractivity contribution in [3.8, 4) is 17.3 Å². The zero-order valence-electron chi connectivity index (χ0n) is 8.42. The Balaban J connectivity index is 2.65.